The minimum Gasteiger partial charge on any atom is -0.457 e. The van der Waals surface area contributed by atoms with Crippen LogP contribution in [0.15, 0.2) is 71.3 Å². The number of benzene rings is 2. The maximum Gasteiger partial charge on any atom is 0.379 e. The monoisotopic (exact) mass is 395 g/mol. The minimum atomic E-state index is -0.856. The van der Waals surface area contributed by atoms with Crippen molar-refractivity contribution in [1.29, 1.82) is 0 Å². The minimum absolute atomic E-state index is 0.0350. The van der Waals surface area contributed by atoms with Gasteiger partial charge in [0.05, 0.1) is 16.7 Å². The predicted octanol–water partition coefficient (Wildman–Crippen LogP) is 3.45. The lowest BCUT2D eigenvalue weighted by molar-refractivity contribution is -0.384. The van der Waals surface area contributed by atoms with Gasteiger partial charge in [0.1, 0.15) is 5.75 Å². The molecule has 0 fully saturated rings. The van der Waals surface area contributed by atoms with Crippen LogP contribution in [-0.4, -0.2) is 29.3 Å². The second kappa shape index (κ2) is 8.61. The molecule has 0 N–H and O–H groups in total. The Hall–Kier alpha value is -4.27. The number of furan rings is 1. The summed E-state index contributed by atoms with van der Waals surface area (Å²) in [6.45, 7) is -0.549. The van der Waals surface area contributed by atoms with Crippen molar-refractivity contribution >= 4 is 23.4 Å². The van der Waals surface area contributed by atoms with Crippen molar-refractivity contribution in [2.45, 2.75) is 0 Å². The second-order valence-electron chi connectivity index (χ2n) is 5.70. The summed E-state index contributed by atoms with van der Waals surface area (Å²) < 4.78 is 14.9. The Kier molecular flexibility index (Phi) is 5.79. The summed E-state index contributed by atoms with van der Waals surface area (Å²) in [5, 5.41) is 10.8. The Bertz CT molecular complexity index is 1050. The van der Waals surface area contributed by atoms with Gasteiger partial charge < -0.3 is 13.9 Å². The molecular weight excluding hydrogens is 382 g/mol. The van der Waals surface area contributed by atoms with E-state index in [1.54, 1.807) is 6.07 Å². The summed E-state index contributed by atoms with van der Waals surface area (Å²) in [6, 6.07) is 13.6. The SMILES string of the molecule is O=C(COC(=O)c1cccc([N+](=O)[O-])c1)c1ccc(OC(=O)c2ccco2)cc1. The van der Waals surface area contributed by atoms with Crippen molar-refractivity contribution < 1.29 is 33.2 Å². The van der Waals surface area contributed by atoms with Crippen molar-refractivity contribution in [2.75, 3.05) is 6.61 Å². The van der Waals surface area contributed by atoms with Gasteiger partial charge in [-0.1, -0.05) is 6.07 Å². The van der Waals surface area contributed by atoms with Crippen LogP contribution in [0.2, 0.25) is 0 Å². The van der Waals surface area contributed by atoms with Crippen LogP contribution in [0.3, 0.4) is 0 Å². The van der Waals surface area contributed by atoms with Crippen LogP contribution in [0, 0.1) is 10.1 Å². The van der Waals surface area contributed by atoms with E-state index in [1.165, 1.54) is 54.8 Å². The van der Waals surface area contributed by atoms with Crippen LogP contribution in [0.1, 0.15) is 31.3 Å². The summed E-state index contributed by atoms with van der Waals surface area (Å²) in [5.74, 6) is -1.78. The first-order valence-electron chi connectivity index (χ1n) is 8.24. The predicted molar refractivity (Wildman–Crippen MR) is 97.8 cm³/mol. The maximum absolute atomic E-state index is 12.2. The smallest absolute Gasteiger partial charge is 0.379 e. The van der Waals surface area contributed by atoms with Gasteiger partial charge in [-0.25, -0.2) is 9.59 Å². The fourth-order valence-electron chi connectivity index (χ4n) is 2.31. The Labute approximate surface area is 163 Å². The lowest BCUT2D eigenvalue weighted by Gasteiger charge is -2.06. The molecule has 0 amide bonds. The molecule has 0 saturated carbocycles. The Balaban J connectivity index is 1.56. The molecule has 0 aliphatic carbocycles. The number of esters is 2. The summed E-state index contributed by atoms with van der Waals surface area (Å²) in [6.07, 6.45) is 1.34. The van der Waals surface area contributed by atoms with Crippen LogP contribution in [-0.2, 0) is 4.74 Å². The number of ketones is 1. The highest BCUT2D eigenvalue weighted by Gasteiger charge is 2.16. The average Bonchev–Trinajstić information content (AvgIpc) is 3.27. The lowest BCUT2D eigenvalue weighted by atomic mass is 10.1. The molecular formula is C20H13NO8. The normalized spacial score (nSPS) is 10.2. The van der Waals surface area contributed by atoms with E-state index in [1.807, 2.05) is 0 Å². The standard InChI is InChI=1S/C20H13NO8/c22-17(12-28-19(23)14-3-1-4-15(11-14)21(25)26)13-6-8-16(9-7-13)29-20(24)18-5-2-10-27-18/h1-11H,12H2. The molecule has 3 rings (SSSR count). The number of Topliss-reactive ketones (excluding diaryl/α,β-unsaturated/α-hetero) is 1. The Morgan fingerprint density at radius 3 is 2.34 bits per heavy atom. The third-order valence-corrected chi connectivity index (χ3v) is 3.74. The van der Waals surface area contributed by atoms with E-state index in [4.69, 9.17) is 13.9 Å². The molecule has 0 aliphatic rings. The molecule has 2 aromatic carbocycles. The third kappa shape index (κ3) is 4.92. The Morgan fingerprint density at radius 2 is 1.69 bits per heavy atom. The van der Waals surface area contributed by atoms with Gasteiger partial charge in [-0.15, -0.1) is 0 Å². The van der Waals surface area contributed by atoms with E-state index < -0.39 is 29.3 Å². The summed E-state index contributed by atoms with van der Waals surface area (Å²) in [5.41, 5.74) is -0.0627. The topological polar surface area (TPSA) is 126 Å². The molecule has 146 valence electrons. The molecule has 9 heteroatoms. The van der Waals surface area contributed by atoms with Crippen molar-refractivity contribution in [3.8, 4) is 5.75 Å². The fraction of sp³-hybridized carbons (Fsp3) is 0.0500. The number of non-ortho nitro benzene ring substituents is 1. The average molecular weight is 395 g/mol. The molecule has 0 spiro atoms. The molecule has 3 aromatic rings. The first-order chi connectivity index (χ1) is 13.9. The van der Waals surface area contributed by atoms with Crippen molar-refractivity contribution in [3.63, 3.8) is 0 Å². The zero-order valence-corrected chi connectivity index (χ0v) is 14.8. The zero-order valence-electron chi connectivity index (χ0n) is 14.8. The highest BCUT2D eigenvalue weighted by Crippen LogP contribution is 2.16. The third-order valence-electron chi connectivity index (χ3n) is 3.74. The first kappa shape index (κ1) is 19.5. The van der Waals surface area contributed by atoms with Gasteiger partial charge in [-0.2, -0.15) is 0 Å². The van der Waals surface area contributed by atoms with Gasteiger partial charge in [0.15, 0.2) is 12.4 Å². The molecule has 1 aromatic heterocycles. The number of nitro groups is 1. The fourth-order valence-corrected chi connectivity index (χ4v) is 2.31. The van der Waals surface area contributed by atoms with Gasteiger partial charge in [0.2, 0.25) is 5.76 Å². The molecule has 29 heavy (non-hydrogen) atoms. The van der Waals surface area contributed by atoms with E-state index in [0.29, 0.717) is 0 Å². The van der Waals surface area contributed by atoms with E-state index in [2.05, 4.69) is 0 Å². The Morgan fingerprint density at radius 1 is 0.931 bits per heavy atom. The van der Waals surface area contributed by atoms with Crippen molar-refractivity contribution in [2.24, 2.45) is 0 Å². The van der Waals surface area contributed by atoms with Gasteiger partial charge >= 0.3 is 11.9 Å². The molecule has 0 unspecified atom stereocenters. The van der Waals surface area contributed by atoms with E-state index in [-0.39, 0.29) is 28.3 Å². The largest absolute Gasteiger partial charge is 0.457 e. The summed E-state index contributed by atoms with van der Waals surface area (Å²) >= 11 is 0. The number of carbonyl (C=O) groups is 3. The van der Waals surface area contributed by atoms with Crippen LogP contribution in [0.5, 0.6) is 5.75 Å². The summed E-state index contributed by atoms with van der Waals surface area (Å²) in [7, 11) is 0. The van der Waals surface area contributed by atoms with Crippen LogP contribution >= 0.6 is 0 Å². The number of hydrogen-bond donors (Lipinski definition) is 0. The number of nitro benzene ring substituents is 1. The van der Waals surface area contributed by atoms with E-state index in [0.717, 1.165) is 6.07 Å². The van der Waals surface area contributed by atoms with Gasteiger partial charge in [-0.05, 0) is 42.5 Å². The van der Waals surface area contributed by atoms with E-state index in [9.17, 15) is 24.5 Å². The lowest BCUT2D eigenvalue weighted by Crippen LogP contribution is -2.14. The summed E-state index contributed by atoms with van der Waals surface area (Å²) in [4.78, 5) is 46.1. The number of nitrogens with zero attached hydrogens (tertiary/aromatic N) is 1. The maximum atomic E-state index is 12.2. The van der Waals surface area contributed by atoms with Gasteiger partial charge in [-0.3, -0.25) is 14.9 Å². The number of rotatable bonds is 7. The number of hydrogen-bond acceptors (Lipinski definition) is 8. The molecule has 1 heterocycles. The molecule has 0 atom stereocenters. The molecule has 0 bridgehead atoms. The second-order valence-corrected chi connectivity index (χ2v) is 5.70. The highest BCUT2D eigenvalue weighted by atomic mass is 16.6. The molecule has 0 radical (unpaired) electrons. The number of ether oxygens (including phenoxy) is 2. The van der Waals surface area contributed by atoms with Crippen molar-refractivity contribution in [3.05, 3.63) is 93.9 Å². The number of carbonyl (C=O) groups excluding carboxylic acids is 3. The van der Waals surface area contributed by atoms with Crippen LogP contribution in [0.4, 0.5) is 5.69 Å². The van der Waals surface area contributed by atoms with Gasteiger partial charge in [0, 0.05) is 17.7 Å². The zero-order chi connectivity index (χ0) is 20.8. The van der Waals surface area contributed by atoms with Gasteiger partial charge in [0.25, 0.3) is 5.69 Å². The van der Waals surface area contributed by atoms with Crippen molar-refractivity contribution in [1.82, 2.24) is 0 Å². The first-order valence-corrected chi connectivity index (χ1v) is 8.24. The van der Waals surface area contributed by atoms with Crippen LogP contribution < -0.4 is 4.74 Å². The highest BCUT2D eigenvalue weighted by molar-refractivity contribution is 5.99. The quantitative estimate of drug-likeness (QED) is 0.196. The molecule has 0 aliphatic heterocycles. The van der Waals surface area contributed by atoms with Crippen LogP contribution in [0.25, 0.3) is 0 Å². The molecule has 0 saturated heterocycles. The van der Waals surface area contributed by atoms with E-state index >= 15 is 0 Å². The molecule has 9 nitrogen and oxygen atoms in total.